The summed E-state index contributed by atoms with van der Waals surface area (Å²) in [4.78, 5) is 23.5. The lowest BCUT2D eigenvalue weighted by Gasteiger charge is -2.39. The summed E-state index contributed by atoms with van der Waals surface area (Å²) in [6, 6.07) is -0.882. The minimum atomic E-state index is -1.13. The number of nitrogens with one attached hydrogen (secondary N) is 1. The molecule has 0 aliphatic carbocycles. The number of aromatic nitrogens is 2. The predicted octanol–water partition coefficient (Wildman–Crippen LogP) is 0.426. The molecule has 20 heavy (non-hydrogen) atoms. The third-order valence-corrected chi connectivity index (χ3v) is 3.90. The number of nitrogens with zero attached hydrogens (tertiary/aromatic N) is 2. The smallest absolute Gasteiger partial charge is 0.311 e. The van der Waals surface area contributed by atoms with Crippen molar-refractivity contribution in [3.05, 3.63) is 18.0 Å². The Bertz CT molecular complexity index is 519. The Balaban J connectivity index is 2.87. The molecule has 0 aromatic carbocycles. The van der Waals surface area contributed by atoms with Crippen LogP contribution in [0, 0.1) is 5.41 Å². The van der Waals surface area contributed by atoms with Gasteiger partial charge in [-0.05, 0) is 27.7 Å². The maximum atomic E-state index is 12.2. The molecule has 1 atom stereocenters. The van der Waals surface area contributed by atoms with Gasteiger partial charge in [0.15, 0.2) is 0 Å². The van der Waals surface area contributed by atoms with Gasteiger partial charge in [-0.3, -0.25) is 14.3 Å². The van der Waals surface area contributed by atoms with Crippen LogP contribution in [0.5, 0.6) is 0 Å². The monoisotopic (exact) mass is 282 g/mol. The Hall–Kier alpha value is -1.89. The van der Waals surface area contributed by atoms with E-state index in [1.165, 1.54) is 6.20 Å². The van der Waals surface area contributed by atoms with Gasteiger partial charge in [0.05, 0.1) is 17.2 Å². The zero-order chi connectivity index (χ0) is 15.7. The third kappa shape index (κ3) is 2.98. The normalized spacial score (nSPS) is 13.9. The molecular formula is C13H22N4O3. The number of aliphatic carboxylic acids is 1. The number of amides is 1. The maximum Gasteiger partial charge on any atom is 0.311 e. The van der Waals surface area contributed by atoms with E-state index in [1.807, 2.05) is 0 Å². The average molecular weight is 282 g/mol. The standard InChI is InChI=1S/C13H22N4O3/c1-12(2,11(19)20)13(3,4)16-10(18)9(14)8-6-15-17(5)7-8/h6-7,9H,14H2,1-5H3,(H,16,18)(H,19,20). The van der Waals surface area contributed by atoms with Gasteiger partial charge in [-0.25, -0.2) is 0 Å². The Kier molecular flexibility index (Phi) is 4.24. The second kappa shape index (κ2) is 5.24. The van der Waals surface area contributed by atoms with E-state index in [2.05, 4.69) is 10.4 Å². The van der Waals surface area contributed by atoms with Crippen molar-refractivity contribution in [1.29, 1.82) is 0 Å². The van der Waals surface area contributed by atoms with Gasteiger partial charge >= 0.3 is 5.97 Å². The van der Waals surface area contributed by atoms with Crippen LogP contribution in [0.2, 0.25) is 0 Å². The predicted molar refractivity (Wildman–Crippen MR) is 73.8 cm³/mol. The number of carboxylic acids is 1. The van der Waals surface area contributed by atoms with Crippen molar-refractivity contribution in [3.63, 3.8) is 0 Å². The Labute approximate surface area is 118 Å². The van der Waals surface area contributed by atoms with E-state index in [9.17, 15) is 14.7 Å². The number of nitrogens with two attached hydrogens (primary N) is 1. The number of hydrogen-bond donors (Lipinski definition) is 3. The SMILES string of the molecule is Cn1cc(C(N)C(=O)NC(C)(C)C(C)(C)C(=O)O)cn1. The largest absolute Gasteiger partial charge is 0.481 e. The van der Waals surface area contributed by atoms with Gasteiger partial charge in [0.1, 0.15) is 6.04 Å². The average Bonchev–Trinajstić information content (AvgIpc) is 2.73. The molecular weight excluding hydrogens is 260 g/mol. The summed E-state index contributed by atoms with van der Waals surface area (Å²) >= 11 is 0. The van der Waals surface area contributed by atoms with E-state index in [4.69, 9.17) is 5.73 Å². The zero-order valence-corrected chi connectivity index (χ0v) is 12.5. The minimum absolute atomic E-state index is 0.433. The van der Waals surface area contributed by atoms with E-state index < -0.39 is 28.9 Å². The number of hydrogen-bond acceptors (Lipinski definition) is 4. The van der Waals surface area contributed by atoms with Crippen molar-refractivity contribution in [1.82, 2.24) is 15.1 Å². The summed E-state index contributed by atoms with van der Waals surface area (Å²) in [5, 5.41) is 15.9. The Morgan fingerprint density at radius 1 is 1.40 bits per heavy atom. The fraction of sp³-hybridized carbons (Fsp3) is 0.615. The van der Waals surface area contributed by atoms with Crippen molar-refractivity contribution in [2.24, 2.45) is 18.2 Å². The summed E-state index contributed by atoms with van der Waals surface area (Å²) in [5.74, 6) is -1.42. The molecule has 7 heteroatoms. The molecule has 1 amide bonds. The fourth-order valence-corrected chi connectivity index (χ4v) is 1.56. The third-order valence-electron chi connectivity index (χ3n) is 3.90. The van der Waals surface area contributed by atoms with Gasteiger partial charge in [-0.15, -0.1) is 0 Å². The molecule has 1 heterocycles. The van der Waals surface area contributed by atoms with Crippen molar-refractivity contribution < 1.29 is 14.7 Å². The summed E-state index contributed by atoms with van der Waals surface area (Å²) in [6.45, 7) is 6.44. The van der Waals surface area contributed by atoms with Crippen LogP contribution in [0.1, 0.15) is 39.3 Å². The molecule has 0 spiro atoms. The lowest BCUT2D eigenvalue weighted by Crippen LogP contribution is -2.58. The molecule has 7 nitrogen and oxygen atoms in total. The van der Waals surface area contributed by atoms with Crippen LogP contribution in [0.3, 0.4) is 0 Å². The van der Waals surface area contributed by atoms with Crippen molar-refractivity contribution in [3.8, 4) is 0 Å². The van der Waals surface area contributed by atoms with Gasteiger partial charge in [-0.2, -0.15) is 5.10 Å². The first-order valence-corrected chi connectivity index (χ1v) is 6.28. The van der Waals surface area contributed by atoms with E-state index in [-0.39, 0.29) is 0 Å². The first-order valence-electron chi connectivity index (χ1n) is 6.28. The van der Waals surface area contributed by atoms with E-state index in [1.54, 1.807) is 45.6 Å². The summed E-state index contributed by atoms with van der Waals surface area (Å²) in [5.41, 5.74) is 4.37. The Morgan fingerprint density at radius 2 is 1.95 bits per heavy atom. The van der Waals surface area contributed by atoms with Gasteiger partial charge in [0.2, 0.25) is 5.91 Å². The summed E-state index contributed by atoms with van der Waals surface area (Å²) < 4.78 is 1.55. The Morgan fingerprint density at radius 3 is 2.35 bits per heavy atom. The van der Waals surface area contributed by atoms with Gasteiger partial charge in [0.25, 0.3) is 0 Å². The molecule has 0 aliphatic rings. The first-order chi connectivity index (χ1) is 8.99. The van der Waals surface area contributed by atoms with Gasteiger partial charge in [0, 0.05) is 18.8 Å². The summed E-state index contributed by atoms with van der Waals surface area (Å²) in [6.07, 6.45) is 3.17. The van der Waals surface area contributed by atoms with Crippen LogP contribution in [-0.2, 0) is 16.6 Å². The van der Waals surface area contributed by atoms with Crippen molar-refractivity contribution in [2.75, 3.05) is 0 Å². The lowest BCUT2D eigenvalue weighted by molar-refractivity contribution is -0.151. The highest BCUT2D eigenvalue weighted by Gasteiger charge is 2.45. The number of aryl methyl sites for hydroxylation is 1. The molecule has 1 unspecified atom stereocenters. The van der Waals surface area contributed by atoms with Crippen molar-refractivity contribution >= 4 is 11.9 Å². The van der Waals surface area contributed by atoms with Crippen LogP contribution < -0.4 is 11.1 Å². The second-order valence-electron chi connectivity index (χ2n) is 5.97. The zero-order valence-electron chi connectivity index (χ0n) is 12.5. The van der Waals surface area contributed by atoms with E-state index in [0.717, 1.165) is 0 Å². The van der Waals surface area contributed by atoms with Crippen LogP contribution in [0.25, 0.3) is 0 Å². The molecule has 1 aromatic heterocycles. The van der Waals surface area contributed by atoms with Crippen molar-refractivity contribution in [2.45, 2.75) is 39.3 Å². The number of rotatable bonds is 5. The molecule has 0 aliphatic heterocycles. The molecule has 0 radical (unpaired) electrons. The molecule has 112 valence electrons. The van der Waals surface area contributed by atoms with Gasteiger partial charge < -0.3 is 16.2 Å². The number of carbonyl (C=O) groups is 2. The molecule has 1 rings (SSSR count). The second-order valence-corrected chi connectivity index (χ2v) is 5.97. The molecule has 0 fully saturated rings. The van der Waals surface area contributed by atoms with Crippen LogP contribution in [-0.4, -0.2) is 32.3 Å². The highest BCUT2D eigenvalue weighted by atomic mass is 16.4. The number of carboxylic acid groups (broad SMARTS) is 1. The highest BCUT2D eigenvalue weighted by molar-refractivity contribution is 5.85. The topological polar surface area (TPSA) is 110 Å². The highest BCUT2D eigenvalue weighted by Crippen LogP contribution is 2.31. The first kappa shape index (κ1) is 16.2. The molecule has 0 saturated carbocycles. The van der Waals surface area contributed by atoms with Crippen LogP contribution in [0.15, 0.2) is 12.4 Å². The lowest BCUT2D eigenvalue weighted by atomic mass is 9.74. The van der Waals surface area contributed by atoms with Crippen LogP contribution in [0.4, 0.5) is 0 Å². The molecule has 0 bridgehead atoms. The molecule has 1 aromatic rings. The molecule has 0 saturated heterocycles. The van der Waals surface area contributed by atoms with E-state index >= 15 is 0 Å². The van der Waals surface area contributed by atoms with E-state index in [0.29, 0.717) is 5.56 Å². The van der Waals surface area contributed by atoms with Gasteiger partial charge in [-0.1, -0.05) is 0 Å². The summed E-state index contributed by atoms with van der Waals surface area (Å²) in [7, 11) is 1.73. The fourth-order valence-electron chi connectivity index (χ4n) is 1.56. The number of carbonyl (C=O) groups excluding carboxylic acids is 1. The quantitative estimate of drug-likeness (QED) is 0.725. The minimum Gasteiger partial charge on any atom is -0.481 e. The maximum absolute atomic E-state index is 12.2. The van der Waals surface area contributed by atoms with Crippen LogP contribution >= 0.6 is 0 Å². The molecule has 4 N–H and O–H groups in total.